The normalized spacial score (nSPS) is 11.4. The standard InChI is InChI=1S/C14H9F3N4OS/c15-14(16,17)10-6-9(20-13(22)12-2-1-5-23-12)3-4-11(10)21-8-18-7-19-21/h1-8H,(H,20,22). The highest BCUT2D eigenvalue weighted by Gasteiger charge is 2.34. The highest BCUT2D eigenvalue weighted by Crippen LogP contribution is 2.35. The molecule has 23 heavy (non-hydrogen) atoms. The van der Waals surface area contributed by atoms with Crippen LogP contribution in [0.1, 0.15) is 15.2 Å². The second-order valence-electron chi connectivity index (χ2n) is 4.50. The van der Waals surface area contributed by atoms with Crippen molar-refractivity contribution in [1.29, 1.82) is 0 Å². The Labute approximate surface area is 132 Å². The molecule has 0 aliphatic carbocycles. The lowest BCUT2D eigenvalue weighted by Gasteiger charge is -2.14. The Hall–Kier alpha value is -2.68. The Balaban J connectivity index is 1.96. The van der Waals surface area contributed by atoms with Gasteiger partial charge in [-0.25, -0.2) is 9.67 Å². The average molecular weight is 338 g/mol. The molecule has 0 fully saturated rings. The molecule has 118 valence electrons. The maximum absolute atomic E-state index is 13.3. The molecule has 0 bridgehead atoms. The van der Waals surface area contributed by atoms with E-state index in [1.54, 1.807) is 17.5 Å². The first-order valence-electron chi connectivity index (χ1n) is 6.36. The molecule has 0 spiro atoms. The third-order valence-corrected chi connectivity index (χ3v) is 3.84. The van der Waals surface area contributed by atoms with Crippen molar-refractivity contribution in [3.8, 4) is 5.69 Å². The Kier molecular flexibility index (Phi) is 3.87. The number of thiophene rings is 1. The van der Waals surface area contributed by atoms with Crippen molar-refractivity contribution in [1.82, 2.24) is 14.8 Å². The van der Waals surface area contributed by atoms with Crippen molar-refractivity contribution in [3.63, 3.8) is 0 Å². The van der Waals surface area contributed by atoms with Crippen molar-refractivity contribution >= 4 is 22.9 Å². The van der Waals surface area contributed by atoms with E-state index in [1.807, 2.05) is 0 Å². The molecule has 0 saturated carbocycles. The minimum Gasteiger partial charge on any atom is -0.321 e. The largest absolute Gasteiger partial charge is 0.418 e. The highest BCUT2D eigenvalue weighted by molar-refractivity contribution is 7.12. The van der Waals surface area contributed by atoms with E-state index in [4.69, 9.17) is 0 Å². The van der Waals surface area contributed by atoms with Gasteiger partial charge >= 0.3 is 6.18 Å². The van der Waals surface area contributed by atoms with Gasteiger partial charge < -0.3 is 5.32 Å². The molecular formula is C14H9F3N4OS. The fourth-order valence-electron chi connectivity index (χ4n) is 1.97. The third-order valence-electron chi connectivity index (χ3n) is 2.97. The Morgan fingerprint density at radius 2 is 2.09 bits per heavy atom. The summed E-state index contributed by atoms with van der Waals surface area (Å²) in [5.74, 6) is -0.457. The van der Waals surface area contributed by atoms with Gasteiger partial charge in [0.15, 0.2) is 0 Å². The topological polar surface area (TPSA) is 59.8 Å². The van der Waals surface area contributed by atoms with Gasteiger partial charge in [0.25, 0.3) is 5.91 Å². The highest BCUT2D eigenvalue weighted by atomic mass is 32.1. The summed E-state index contributed by atoms with van der Waals surface area (Å²) in [6.07, 6.45) is -2.27. The number of carbonyl (C=O) groups is 1. The van der Waals surface area contributed by atoms with Crippen LogP contribution in [0.4, 0.5) is 18.9 Å². The molecule has 1 aromatic carbocycles. The van der Waals surface area contributed by atoms with Gasteiger partial charge in [-0.1, -0.05) is 6.07 Å². The molecule has 9 heteroatoms. The van der Waals surface area contributed by atoms with Crippen molar-refractivity contribution in [2.75, 3.05) is 5.32 Å². The first-order valence-corrected chi connectivity index (χ1v) is 7.24. The summed E-state index contributed by atoms with van der Waals surface area (Å²) >= 11 is 1.20. The van der Waals surface area contributed by atoms with Crippen LogP contribution < -0.4 is 5.32 Å². The Morgan fingerprint density at radius 3 is 2.70 bits per heavy atom. The monoisotopic (exact) mass is 338 g/mol. The van der Waals surface area contributed by atoms with Gasteiger partial charge in [0.2, 0.25) is 0 Å². The predicted octanol–water partition coefficient (Wildman–Crippen LogP) is 3.60. The lowest BCUT2D eigenvalue weighted by molar-refractivity contribution is -0.137. The molecule has 2 heterocycles. The molecule has 0 aliphatic rings. The van der Waals surface area contributed by atoms with Crippen LogP contribution in [0.15, 0.2) is 48.4 Å². The van der Waals surface area contributed by atoms with Crippen LogP contribution in [-0.4, -0.2) is 20.7 Å². The van der Waals surface area contributed by atoms with Gasteiger partial charge in [-0.05, 0) is 29.6 Å². The van der Waals surface area contributed by atoms with Crippen molar-refractivity contribution in [2.45, 2.75) is 6.18 Å². The van der Waals surface area contributed by atoms with E-state index < -0.39 is 17.6 Å². The second kappa shape index (κ2) is 5.84. The van der Waals surface area contributed by atoms with Gasteiger partial charge in [-0.15, -0.1) is 11.3 Å². The number of alkyl halides is 3. The number of hydrogen-bond donors (Lipinski definition) is 1. The molecule has 1 amide bonds. The Bertz CT molecular complexity index is 813. The summed E-state index contributed by atoms with van der Waals surface area (Å²) in [4.78, 5) is 16.0. The number of nitrogens with one attached hydrogen (secondary N) is 1. The first-order chi connectivity index (χ1) is 10.9. The average Bonchev–Trinajstić information content (AvgIpc) is 3.20. The maximum Gasteiger partial charge on any atom is 0.418 e. The summed E-state index contributed by atoms with van der Waals surface area (Å²) in [7, 11) is 0. The van der Waals surface area contributed by atoms with E-state index in [0.717, 1.165) is 17.1 Å². The van der Waals surface area contributed by atoms with Crippen molar-refractivity contribution in [2.24, 2.45) is 0 Å². The van der Waals surface area contributed by atoms with Gasteiger partial charge in [-0.2, -0.15) is 18.3 Å². The summed E-state index contributed by atoms with van der Waals surface area (Å²) in [5.41, 5.74) is -1.02. The molecule has 3 rings (SSSR count). The maximum atomic E-state index is 13.3. The molecule has 0 saturated heterocycles. The summed E-state index contributed by atoms with van der Waals surface area (Å²) < 4.78 is 40.8. The third kappa shape index (κ3) is 3.24. The van der Waals surface area contributed by atoms with Crippen molar-refractivity contribution < 1.29 is 18.0 Å². The van der Waals surface area contributed by atoms with Crippen LogP contribution >= 0.6 is 11.3 Å². The zero-order valence-electron chi connectivity index (χ0n) is 11.4. The summed E-state index contributed by atoms with van der Waals surface area (Å²) in [5, 5.41) is 7.88. The van der Waals surface area contributed by atoms with Gasteiger partial charge in [0, 0.05) is 5.69 Å². The summed E-state index contributed by atoms with van der Waals surface area (Å²) in [6.45, 7) is 0. The fraction of sp³-hybridized carbons (Fsp3) is 0.0714. The lowest BCUT2D eigenvalue weighted by Crippen LogP contribution is -2.14. The van der Waals surface area contributed by atoms with Crippen LogP contribution in [0, 0.1) is 0 Å². The second-order valence-corrected chi connectivity index (χ2v) is 5.45. The molecule has 0 unspecified atom stereocenters. The number of nitrogens with zero attached hydrogens (tertiary/aromatic N) is 3. The smallest absolute Gasteiger partial charge is 0.321 e. The van der Waals surface area contributed by atoms with E-state index in [0.29, 0.717) is 4.88 Å². The van der Waals surface area contributed by atoms with Gasteiger partial charge in [0.1, 0.15) is 12.7 Å². The van der Waals surface area contributed by atoms with E-state index >= 15 is 0 Å². The number of aromatic nitrogens is 3. The zero-order chi connectivity index (χ0) is 16.4. The summed E-state index contributed by atoms with van der Waals surface area (Å²) in [6, 6.07) is 6.78. The van der Waals surface area contributed by atoms with Crippen LogP contribution in [0.5, 0.6) is 0 Å². The minimum atomic E-state index is -4.59. The number of anilines is 1. The predicted molar refractivity (Wildman–Crippen MR) is 78.6 cm³/mol. The van der Waals surface area contributed by atoms with Crippen LogP contribution in [0.2, 0.25) is 0 Å². The molecular weight excluding hydrogens is 329 g/mol. The molecule has 3 aromatic rings. The zero-order valence-corrected chi connectivity index (χ0v) is 12.2. The number of halogens is 3. The number of benzene rings is 1. The quantitative estimate of drug-likeness (QED) is 0.794. The van der Waals surface area contributed by atoms with Crippen molar-refractivity contribution in [3.05, 3.63) is 58.8 Å². The SMILES string of the molecule is O=C(Nc1ccc(-n2cncn2)c(C(F)(F)F)c1)c1cccs1. The first kappa shape index (κ1) is 15.2. The molecule has 0 atom stereocenters. The van der Waals surface area contributed by atoms with E-state index in [2.05, 4.69) is 15.4 Å². The van der Waals surface area contributed by atoms with Crippen LogP contribution in [0.3, 0.4) is 0 Å². The Morgan fingerprint density at radius 1 is 1.26 bits per heavy atom. The van der Waals surface area contributed by atoms with Gasteiger partial charge in [-0.3, -0.25) is 4.79 Å². The van der Waals surface area contributed by atoms with E-state index in [9.17, 15) is 18.0 Å². The molecule has 1 N–H and O–H groups in total. The van der Waals surface area contributed by atoms with E-state index in [-0.39, 0.29) is 11.4 Å². The number of rotatable bonds is 3. The number of hydrogen-bond acceptors (Lipinski definition) is 4. The molecule has 0 aliphatic heterocycles. The minimum absolute atomic E-state index is 0.0552. The van der Waals surface area contributed by atoms with E-state index in [1.165, 1.54) is 29.8 Å². The molecule has 2 aromatic heterocycles. The fourth-order valence-corrected chi connectivity index (χ4v) is 2.59. The lowest BCUT2D eigenvalue weighted by atomic mass is 10.1. The van der Waals surface area contributed by atoms with Crippen LogP contribution in [0.25, 0.3) is 5.69 Å². The van der Waals surface area contributed by atoms with Crippen LogP contribution in [-0.2, 0) is 6.18 Å². The molecule has 5 nitrogen and oxygen atoms in total. The molecule has 0 radical (unpaired) electrons. The number of amides is 1. The number of carbonyl (C=O) groups excluding carboxylic acids is 1. The van der Waals surface area contributed by atoms with Gasteiger partial charge in [0.05, 0.1) is 16.1 Å².